The summed E-state index contributed by atoms with van der Waals surface area (Å²) in [6.45, 7) is -0.128. The quantitative estimate of drug-likeness (QED) is 0.720. The first kappa shape index (κ1) is 10.8. The lowest BCUT2D eigenvalue weighted by Crippen LogP contribution is -2.33. The van der Waals surface area contributed by atoms with Gasteiger partial charge in [0.05, 0.1) is 5.92 Å². The summed E-state index contributed by atoms with van der Waals surface area (Å²) in [6.07, 6.45) is -1.37. The van der Waals surface area contributed by atoms with E-state index in [4.69, 9.17) is 5.11 Å². The van der Waals surface area contributed by atoms with Crippen molar-refractivity contribution < 1.29 is 18.3 Å². The molecule has 0 bridgehead atoms. The fourth-order valence-electron chi connectivity index (χ4n) is 2.15. The molecule has 0 unspecified atom stereocenters. The molecule has 1 fully saturated rings. The number of aliphatic hydroxyl groups is 1. The van der Waals surface area contributed by atoms with Crippen LogP contribution in [0.2, 0.25) is 0 Å². The molecule has 78 valence electrons. The van der Waals surface area contributed by atoms with Crippen molar-refractivity contribution in [2.45, 2.75) is 38.3 Å². The molecule has 1 aliphatic carbocycles. The van der Waals surface area contributed by atoms with Gasteiger partial charge in [-0.3, -0.25) is 0 Å². The van der Waals surface area contributed by atoms with Gasteiger partial charge in [0.15, 0.2) is 0 Å². The Balaban J connectivity index is 2.56. The molecule has 0 amide bonds. The monoisotopic (exact) mass is 196 g/mol. The highest BCUT2D eigenvalue weighted by atomic mass is 19.4. The van der Waals surface area contributed by atoms with Gasteiger partial charge >= 0.3 is 6.18 Å². The molecule has 0 saturated heterocycles. The minimum Gasteiger partial charge on any atom is -0.396 e. The molecule has 0 aromatic heterocycles. The van der Waals surface area contributed by atoms with Crippen LogP contribution in [0.4, 0.5) is 13.2 Å². The van der Waals surface area contributed by atoms with Gasteiger partial charge in [-0.05, 0) is 25.2 Å². The standard InChI is InChI=1S/C9H15F3O/c10-9(11,12)8-4-2-1-3-7(8)5-6-13/h7-8,13H,1-6H2/t7-,8-/m0/s1. The summed E-state index contributed by atoms with van der Waals surface area (Å²) in [5.41, 5.74) is 0. The molecule has 1 N–H and O–H groups in total. The summed E-state index contributed by atoms with van der Waals surface area (Å²) in [5.74, 6) is -1.52. The smallest absolute Gasteiger partial charge is 0.392 e. The van der Waals surface area contributed by atoms with Crippen molar-refractivity contribution in [2.75, 3.05) is 6.61 Å². The van der Waals surface area contributed by atoms with Gasteiger partial charge < -0.3 is 5.11 Å². The number of hydrogen-bond acceptors (Lipinski definition) is 1. The molecule has 2 atom stereocenters. The van der Waals surface area contributed by atoms with Crippen LogP contribution in [0, 0.1) is 11.8 Å². The maximum Gasteiger partial charge on any atom is 0.392 e. The van der Waals surface area contributed by atoms with E-state index in [2.05, 4.69) is 0 Å². The maximum absolute atomic E-state index is 12.4. The molecule has 1 nitrogen and oxygen atoms in total. The molecule has 1 aliphatic rings. The van der Waals surface area contributed by atoms with E-state index in [9.17, 15) is 13.2 Å². The Morgan fingerprint density at radius 2 is 1.77 bits per heavy atom. The maximum atomic E-state index is 12.4. The molecule has 1 saturated carbocycles. The zero-order chi connectivity index (χ0) is 9.90. The molecular weight excluding hydrogens is 181 g/mol. The summed E-state index contributed by atoms with van der Waals surface area (Å²) in [6, 6.07) is 0. The van der Waals surface area contributed by atoms with Crippen molar-refractivity contribution in [3.8, 4) is 0 Å². The highest BCUT2D eigenvalue weighted by Gasteiger charge is 2.44. The second-order valence-electron chi connectivity index (χ2n) is 3.70. The van der Waals surface area contributed by atoms with Gasteiger partial charge in [0.2, 0.25) is 0 Å². The Kier molecular flexibility index (Phi) is 3.59. The summed E-state index contributed by atoms with van der Waals surface area (Å²) in [4.78, 5) is 0. The second-order valence-corrected chi connectivity index (χ2v) is 3.70. The van der Waals surface area contributed by atoms with Crippen LogP contribution in [0.1, 0.15) is 32.1 Å². The number of rotatable bonds is 2. The number of hydrogen-bond donors (Lipinski definition) is 1. The van der Waals surface area contributed by atoms with E-state index in [1.54, 1.807) is 0 Å². The predicted molar refractivity (Wildman–Crippen MR) is 43.2 cm³/mol. The summed E-state index contributed by atoms with van der Waals surface area (Å²) in [7, 11) is 0. The highest BCUT2D eigenvalue weighted by Crippen LogP contribution is 2.42. The summed E-state index contributed by atoms with van der Waals surface area (Å²) >= 11 is 0. The fourth-order valence-corrected chi connectivity index (χ4v) is 2.15. The van der Waals surface area contributed by atoms with Crippen LogP contribution in [0.15, 0.2) is 0 Å². The third-order valence-electron chi connectivity index (χ3n) is 2.83. The average Bonchev–Trinajstić information content (AvgIpc) is 2.04. The van der Waals surface area contributed by atoms with Gasteiger partial charge in [-0.25, -0.2) is 0 Å². The van der Waals surface area contributed by atoms with Crippen molar-refractivity contribution in [1.29, 1.82) is 0 Å². The van der Waals surface area contributed by atoms with Crippen LogP contribution >= 0.6 is 0 Å². The van der Waals surface area contributed by atoms with Gasteiger partial charge in [-0.15, -0.1) is 0 Å². The lowest BCUT2D eigenvalue weighted by atomic mass is 9.77. The van der Waals surface area contributed by atoms with Crippen LogP contribution in [0.5, 0.6) is 0 Å². The largest absolute Gasteiger partial charge is 0.396 e. The van der Waals surface area contributed by atoms with E-state index in [-0.39, 0.29) is 18.9 Å². The number of aliphatic hydroxyl groups excluding tert-OH is 1. The van der Waals surface area contributed by atoms with Crippen molar-refractivity contribution in [3.05, 3.63) is 0 Å². The third-order valence-corrected chi connectivity index (χ3v) is 2.83. The molecule has 13 heavy (non-hydrogen) atoms. The Morgan fingerprint density at radius 1 is 1.15 bits per heavy atom. The molecular formula is C9H15F3O. The first-order chi connectivity index (χ1) is 6.05. The molecule has 0 aliphatic heterocycles. The SMILES string of the molecule is OCC[C@@H]1CCCC[C@@H]1C(F)(F)F. The van der Waals surface area contributed by atoms with Crippen molar-refractivity contribution >= 4 is 0 Å². The van der Waals surface area contributed by atoms with E-state index in [0.29, 0.717) is 19.3 Å². The van der Waals surface area contributed by atoms with Gasteiger partial charge in [0.25, 0.3) is 0 Å². The van der Waals surface area contributed by atoms with E-state index in [1.807, 2.05) is 0 Å². The Labute approximate surface area is 75.9 Å². The van der Waals surface area contributed by atoms with Gasteiger partial charge in [0, 0.05) is 6.61 Å². The molecule has 0 aromatic carbocycles. The van der Waals surface area contributed by atoms with E-state index in [0.717, 1.165) is 6.42 Å². The first-order valence-corrected chi connectivity index (χ1v) is 4.73. The van der Waals surface area contributed by atoms with Crippen LogP contribution in [0.25, 0.3) is 0 Å². The molecule has 0 spiro atoms. The van der Waals surface area contributed by atoms with Gasteiger partial charge in [-0.2, -0.15) is 13.2 Å². The molecule has 4 heteroatoms. The zero-order valence-electron chi connectivity index (χ0n) is 7.48. The lowest BCUT2D eigenvalue weighted by molar-refractivity contribution is -0.197. The second kappa shape index (κ2) is 4.31. The van der Waals surface area contributed by atoms with Crippen LogP contribution in [-0.2, 0) is 0 Å². The minimum atomic E-state index is -4.07. The molecule has 0 aromatic rings. The Morgan fingerprint density at radius 3 is 2.31 bits per heavy atom. The lowest BCUT2D eigenvalue weighted by Gasteiger charge is -2.32. The van der Waals surface area contributed by atoms with Gasteiger partial charge in [-0.1, -0.05) is 12.8 Å². The van der Waals surface area contributed by atoms with E-state index in [1.165, 1.54) is 0 Å². The third kappa shape index (κ3) is 2.86. The Hall–Kier alpha value is -0.250. The molecule has 0 heterocycles. The van der Waals surface area contributed by atoms with Gasteiger partial charge in [0.1, 0.15) is 0 Å². The van der Waals surface area contributed by atoms with Crippen molar-refractivity contribution in [3.63, 3.8) is 0 Å². The first-order valence-electron chi connectivity index (χ1n) is 4.73. The minimum absolute atomic E-state index is 0.128. The zero-order valence-corrected chi connectivity index (χ0v) is 7.48. The predicted octanol–water partition coefficient (Wildman–Crippen LogP) is 2.74. The van der Waals surface area contributed by atoms with Crippen molar-refractivity contribution in [2.24, 2.45) is 11.8 Å². The van der Waals surface area contributed by atoms with E-state index >= 15 is 0 Å². The number of alkyl halides is 3. The number of halogens is 3. The van der Waals surface area contributed by atoms with Crippen LogP contribution in [0.3, 0.4) is 0 Å². The molecule has 1 rings (SSSR count). The highest BCUT2D eigenvalue weighted by molar-refractivity contribution is 4.80. The average molecular weight is 196 g/mol. The van der Waals surface area contributed by atoms with Crippen molar-refractivity contribution in [1.82, 2.24) is 0 Å². The van der Waals surface area contributed by atoms with E-state index < -0.39 is 12.1 Å². The van der Waals surface area contributed by atoms with Crippen LogP contribution in [-0.4, -0.2) is 17.9 Å². The normalized spacial score (nSPS) is 30.5. The summed E-state index contributed by atoms with van der Waals surface area (Å²) < 4.78 is 37.3. The van der Waals surface area contributed by atoms with Crippen LogP contribution < -0.4 is 0 Å². The summed E-state index contributed by atoms with van der Waals surface area (Å²) in [5, 5.41) is 8.63. The fraction of sp³-hybridized carbons (Fsp3) is 1.00. The molecule has 0 radical (unpaired) electrons. The topological polar surface area (TPSA) is 20.2 Å². The Bertz CT molecular complexity index is 153.